The summed E-state index contributed by atoms with van der Waals surface area (Å²) in [5.74, 6) is -1.55. The summed E-state index contributed by atoms with van der Waals surface area (Å²) in [6, 6.07) is 29.4. The minimum absolute atomic E-state index is 0.0477. The number of amides is 2. The van der Waals surface area contributed by atoms with Crippen molar-refractivity contribution in [2.75, 3.05) is 40.6 Å². The molecule has 26 heteroatoms. The molecule has 0 bridgehead atoms. The average molecular weight is 1220 g/mol. The molecule has 1 fully saturated rings. The number of hydrogen-bond donors (Lipinski definition) is 4. The smallest absolute Gasteiger partial charge is 0.493 e. The van der Waals surface area contributed by atoms with Gasteiger partial charge in [0.2, 0.25) is 6.29 Å². The minimum Gasteiger partial charge on any atom is -0.493 e. The van der Waals surface area contributed by atoms with Crippen LogP contribution in [0.25, 0.3) is 10.4 Å². The standard InChI is InChI=1S/C62H61N7O18S/c1-79-51-24-45-47(64-28-42-21-37-8-3-5-10-40(37)30-68(42)60(45)75)26-53(51)82-33-35-18-36(34-83-54-27-48-46(25-52(54)80-2)61(76)69-31-41-11-6-4-9-38(41)22-43(69)29-65-48)20-44(19-35)86-88(77,78)87-55-23-39(49(71)12-7-16-81-17-15-66-67-63)13-14-50(55)84-62-59(74)58(73)57(72)56(32-70)85-62/h3-6,8-11,13-14,18-20,23-29,42-43,56-59,62,70,72-74H,7,12,15-17,21-22,30-34H2,1-2H3/t42-,43-,56+,57-,58-,59+,62?/m0/s1. The van der Waals surface area contributed by atoms with Gasteiger partial charge in [0, 0.05) is 67.7 Å². The molecule has 11 rings (SSSR count). The summed E-state index contributed by atoms with van der Waals surface area (Å²) < 4.78 is 81.0. The highest BCUT2D eigenvalue weighted by Gasteiger charge is 2.45. The number of benzene rings is 6. The predicted molar refractivity (Wildman–Crippen MR) is 314 cm³/mol. The molecular weight excluding hydrogens is 1160 g/mol. The molecule has 0 radical (unpaired) electrons. The van der Waals surface area contributed by atoms with Crippen molar-refractivity contribution in [3.8, 4) is 40.2 Å². The number of hydrogen-bond acceptors (Lipinski definition) is 21. The monoisotopic (exact) mass is 1220 g/mol. The predicted octanol–water partition coefficient (Wildman–Crippen LogP) is 6.60. The Balaban J connectivity index is 0.889. The number of rotatable bonds is 23. The first-order valence-electron chi connectivity index (χ1n) is 28.1. The van der Waals surface area contributed by atoms with Crippen LogP contribution in [0.4, 0.5) is 11.4 Å². The van der Waals surface area contributed by atoms with Gasteiger partial charge in [-0.1, -0.05) is 53.6 Å². The van der Waals surface area contributed by atoms with Crippen LogP contribution in [0.5, 0.6) is 40.2 Å². The molecule has 5 aliphatic rings. The molecule has 25 nitrogen and oxygen atoms in total. The number of Topliss-reactive ketones (excluding diaryl/α,β-unsaturated/α-hetero) is 1. The van der Waals surface area contributed by atoms with E-state index in [9.17, 15) is 43.2 Å². The van der Waals surface area contributed by atoms with Crippen molar-refractivity contribution < 1.29 is 84.8 Å². The van der Waals surface area contributed by atoms with Crippen LogP contribution in [-0.2, 0) is 59.0 Å². The fourth-order valence-corrected chi connectivity index (χ4v) is 11.7. The van der Waals surface area contributed by atoms with Crippen molar-refractivity contribution >= 4 is 51.8 Å². The van der Waals surface area contributed by atoms with Crippen LogP contribution < -0.4 is 32.1 Å². The number of methoxy groups -OCH3 is 2. The maximum Gasteiger partial charge on any atom is 0.501 e. The normalized spacial score (nSPS) is 20.7. The van der Waals surface area contributed by atoms with Gasteiger partial charge in [-0.3, -0.25) is 24.4 Å². The Morgan fingerprint density at radius 2 is 1.25 bits per heavy atom. The highest BCUT2D eigenvalue weighted by atomic mass is 32.3. The number of fused-ring (bicyclic) bond motifs is 6. The van der Waals surface area contributed by atoms with E-state index in [1.807, 2.05) is 48.5 Å². The van der Waals surface area contributed by atoms with E-state index >= 15 is 0 Å². The zero-order valence-corrected chi connectivity index (χ0v) is 48.4. The summed E-state index contributed by atoms with van der Waals surface area (Å²) in [4.78, 5) is 57.6. The van der Waals surface area contributed by atoms with Crippen LogP contribution in [0.15, 0.2) is 124 Å². The van der Waals surface area contributed by atoms with Gasteiger partial charge in [-0.2, -0.15) is 0 Å². The van der Waals surface area contributed by atoms with Gasteiger partial charge in [0.25, 0.3) is 11.8 Å². The van der Waals surface area contributed by atoms with E-state index in [1.165, 1.54) is 32.4 Å². The van der Waals surface area contributed by atoms with Gasteiger partial charge in [0.15, 0.2) is 40.3 Å². The number of aliphatic hydroxyl groups is 4. The largest absolute Gasteiger partial charge is 0.501 e. The molecular formula is C62H61N7O18S. The Labute approximate surface area is 504 Å². The summed E-state index contributed by atoms with van der Waals surface area (Å²) >= 11 is 0. The number of azide groups is 1. The molecule has 0 aliphatic carbocycles. The number of aliphatic imine (C=N–C) groups is 2. The summed E-state index contributed by atoms with van der Waals surface area (Å²) in [6.45, 7) is -0.196. The van der Waals surface area contributed by atoms with Gasteiger partial charge in [0.1, 0.15) is 43.4 Å². The molecule has 1 saturated heterocycles. The van der Waals surface area contributed by atoms with Crippen molar-refractivity contribution in [2.24, 2.45) is 15.1 Å². The molecule has 6 aromatic carbocycles. The summed E-state index contributed by atoms with van der Waals surface area (Å²) in [6.07, 6.45) is -3.96. The molecule has 4 N–H and O–H groups in total. The Bertz CT molecular complexity index is 3710. The Morgan fingerprint density at radius 3 is 1.80 bits per heavy atom. The van der Waals surface area contributed by atoms with Gasteiger partial charge in [-0.15, -0.1) is 8.42 Å². The molecule has 458 valence electrons. The van der Waals surface area contributed by atoms with E-state index in [4.69, 9.17) is 57.0 Å². The van der Waals surface area contributed by atoms with Crippen molar-refractivity contribution in [3.05, 3.63) is 170 Å². The molecule has 0 spiro atoms. The van der Waals surface area contributed by atoms with Crippen LogP contribution in [0.1, 0.15) is 77.3 Å². The number of ether oxygens (including phenoxy) is 7. The first-order chi connectivity index (χ1) is 42.6. The van der Waals surface area contributed by atoms with E-state index in [0.717, 1.165) is 34.4 Å². The van der Waals surface area contributed by atoms with E-state index in [0.29, 0.717) is 59.6 Å². The third-order valence-electron chi connectivity index (χ3n) is 15.5. The van der Waals surface area contributed by atoms with E-state index in [2.05, 4.69) is 10.0 Å². The average Bonchev–Trinajstić information content (AvgIpc) is 1.83. The quantitative estimate of drug-likeness (QED) is 0.0173. The van der Waals surface area contributed by atoms with Crippen LogP contribution in [0.3, 0.4) is 0 Å². The van der Waals surface area contributed by atoms with Crippen LogP contribution in [0.2, 0.25) is 0 Å². The molecule has 2 amide bonds. The molecule has 1 unspecified atom stereocenters. The molecule has 7 atom stereocenters. The third kappa shape index (κ3) is 13.2. The van der Waals surface area contributed by atoms with Gasteiger partial charge < -0.3 is 71.8 Å². The zero-order chi connectivity index (χ0) is 61.6. The SMILES string of the molecule is COc1cc2c(cc1OCc1cc(COc3cc4c(cc3OC)C(=O)N3Cc5ccccc5C[C@H]3C=N4)cc(OS(=O)(=O)Oc3cc(C(=O)CCCOCCN=[N+]=[N-])ccc3OC3O[C@H](CO)[C@H](O)[C@H](O)[C@H]3O)c1)N=C[C@@H]1Cc3ccccc3CN1C2=O. The van der Waals surface area contributed by atoms with E-state index < -0.39 is 65.0 Å². The maximum atomic E-state index is 14.3. The fraction of sp³-hybridized carbons (Fsp3) is 0.339. The van der Waals surface area contributed by atoms with E-state index in [-0.39, 0.29) is 104 Å². The molecule has 5 heterocycles. The minimum atomic E-state index is -5.26. The topological polar surface area (TPSA) is 329 Å². The lowest BCUT2D eigenvalue weighted by molar-refractivity contribution is -0.277. The number of carbonyl (C=O) groups is 3. The molecule has 0 aromatic heterocycles. The van der Waals surface area contributed by atoms with E-state index in [1.54, 1.807) is 52.6 Å². The van der Waals surface area contributed by atoms with Gasteiger partial charge in [-0.25, -0.2) is 0 Å². The number of nitrogens with zero attached hydrogens (tertiary/aromatic N) is 7. The van der Waals surface area contributed by atoms with Crippen LogP contribution >= 0.6 is 0 Å². The first-order valence-corrected chi connectivity index (χ1v) is 29.5. The summed E-state index contributed by atoms with van der Waals surface area (Å²) in [7, 11) is -2.41. The van der Waals surface area contributed by atoms with Gasteiger partial charge in [-0.05, 0) is 107 Å². The lowest BCUT2D eigenvalue weighted by Gasteiger charge is -2.39. The first kappa shape index (κ1) is 60.6. The van der Waals surface area contributed by atoms with Crippen molar-refractivity contribution in [1.29, 1.82) is 0 Å². The highest BCUT2D eigenvalue weighted by Crippen LogP contribution is 2.42. The number of aliphatic hydroxyl groups excluding tert-OH is 4. The van der Waals surface area contributed by atoms with Crippen molar-refractivity contribution in [1.82, 2.24) is 9.80 Å². The number of carbonyl (C=O) groups excluding carboxylic acids is 3. The lowest BCUT2D eigenvalue weighted by atomic mass is 9.94. The maximum absolute atomic E-state index is 14.3. The molecule has 0 saturated carbocycles. The Hall–Kier alpha value is -9.11. The fourth-order valence-electron chi connectivity index (χ4n) is 11.0. The second-order valence-electron chi connectivity index (χ2n) is 21.3. The lowest BCUT2D eigenvalue weighted by Crippen LogP contribution is -2.60. The second-order valence-corrected chi connectivity index (χ2v) is 22.4. The van der Waals surface area contributed by atoms with Crippen molar-refractivity contribution in [3.63, 3.8) is 0 Å². The Morgan fingerprint density at radius 1 is 0.682 bits per heavy atom. The number of ketones is 1. The van der Waals surface area contributed by atoms with Gasteiger partial charge >= 0.3 is 10.4 Å². The molecule has 88 heavy (non-hydrogen) atoms. The molecule has 5 aliphatic heterocycles. The third-order valence-corrected chi connectivity index (χ3v) is 16.3. The second kappa shape index (κ2) is 26.5. The zero-order valence-electron chi connectivity index (χ0n) is 47.6. The molecule has 6 aromatic rings. The van der Waals surface area contributed by atoms with Crippen LogP contribution in [-0.4, -0.2) is 152 Å². The van der Waals surface area contributed by atoms with Gasteiger partial charge in [0.05, 0.1) is 62.0 Å². The Kier molecular flexibility index (Phi) is 18.2. The highest BCUT2D eigenvalue weighted by molar-refractivity contribution is 7.82. The van der Waals surface area contributed by atoms with Crippen molar-refractivity contribution in [2.45, 2.75) is 94.8 Å². The summed E-state index contributed by atoms with van der Waals surface area (Å²) in [5.41, 5.74) is 14.7. The summed E-state index contributed by atoms with van der Waals surface area (Å²) in [5, 5.41) is 45.1. The van der Waals surface area contributed by atoms with Crippen LogP contribution in [0, 0.1) is 0 Å².